The van der Waals surface area contributed by atoms with E-state index in [4.69, 9.17) is 13.9 Å². The highest BCUT2D eigenvalue weighted by molar-refractivity contribution is 6.83. The van der Waals surface area contributed by atoms with E-state index in [0.29, 0.717) is 0 Å². The van der Waals surface area contributed by atoms with Crippen molar-refractivity contribution in [1.82, 2.24) is 0 Å². The monoisotopic (exact) mass is 462 g/mol. The van der Waals surface area contributed by atoms with Crippen LogP contribution in [0.2, 0.25) is 37.8 Å². The molecular weight excluding hydrogens is 416 g/mol. The van der Waals surface area contributed by atoms with E-state index in [2.05, 4.69) is 96.2 Å². The van der Waals surface area contributed by atoms with Crippen molar-refractivity contribution < 1.29 is 13.9 Å². The molecule has 0 aromatic carbocycles. The zero-order valence-electron chi connectivity index (χ0n) is 21.8. The summed E-state index contributed by atoms with van der Waals surface area (Å²) in [5.41, 5.74) is 4.73. The normalized spacial score (nSPS) is 22.0. The first-order chi connectivity index (χ1) is 14.1. The van der Waals surface area contributed by atoms with Crippen LogP contribution in [0.25, 0.3) is 0 Å². The average molecular weight is 463 g/mol. The van der Waals surface area contributed by atoms with E-state index >= 15 is 0 Å². The molecule has 0 aromatic rings. The van der Waals surface area contributed by atoms with E-state index in [1.807, 2.05) is 19.9 Å². The number of hydrogen-bond donors (Lipinski definition) is 0. The Morgan fingerprint density at radius 1 is 1.19 bits per heavy atom. The first-order valence-corrected chi connectivity index (χ1v) is 18.0. The zero-order chi connectivity index (χ0) is 23.9. The van der Waals surface area contributed by atoms with Crippen molar-refractivity contribution in [1.29, 1.82) is 0 Å². The Bertz CT molecular complexity index is 710. The molecule has 3 nitrogen and oxygen atoms in total. The zero-order valence-corrected chi connectivity index (χ0v) is 23.8. The minimum absolute atomic E-state index is 0.0445. The number of ether oxygens (including phenoxy) is 2. The second-order valence-electron chi connectivity index (χ2n) is 11.3. The summed E-state index contributed by atoms with van der Waals surface area (Å²) in [5, 5.41) is 0.172. The van der Waals surface area contributed by atoms with Gasteiger partial charge in [-0.1, -0.05) is 76.2 Å². The van der Waals surface area contributed by atoms with Crippen molar-refractivity contribution in [3.8, 4) is 11.5 Å². The highest BCUT2D eigenvalue weighted by Crippen LogP contribution is 2.37. The lowest BCUT2D eigenvalue weighted by Gasteiger charge is -2.38. The molecule has 0 N–H and O–H groups in total. The maximum Gasteiger partial charge on any atom is 0.193 e. The second kappa shape index (κ2) is 11.8. The van der Waals surface area contributed by atoms with E-state index in [1.54, 1.807) is 0 Å². The van der Waals surface area contributed by atoms with Crippen LogP contribution in [0.5, 0.6) is 0 Å². The van der Waals surface area contributed by atoms with Gasteiger partial charge in [-0.3, -0.25) is 0 Å². The quantitative estimate of drug-likeness (QED) is 0.165. The molecule has 0 saturated heterocycles. The van der Waals surface area contributed by atoms with Crippen LogP contribution in [0.3, 0.4) is 0 Å². The van der Waals surface area contributed by atoms with Crippen molar-refractivity contribution >= 4 is 16.4 Å². The molecule has 0 fully saturated rings. The van der Waals surface area contributed by atoms with E-state index in [-0.39, 0.29) is 29.6 Å². The summed E-state index contributed by atoms with van der Waals surface area (Å²) in [6.45, 7) is 24.5. The predicted molar refractivity (Wildman–Crippen MR) is 139 cm³/mol. The van der Waals surface area contributed by atoms with Crippen LogP contribution >= 0.6 is 0 Å². The molecule has 0 aromatic heterocycles. The Kier molecular flexibility index (Phi) is 10.7. The van der Waals surface area contributed by atoms with Crippen LogP contribution in [0, 0.1) is 11.5 Å². The van der Waals surface area contributed by atoms with Crippen LogP contribution in [0.15, 0.2) is 36.0 Å². The first kappa shape index (κ1) is 28.1. The lowest BCUT2D eigenvalue weighted by Crippen LogP contribution is -2.43. The second-order valence-corrected chi connectivity index (χ2v) is 20.8. The number of allylic oxidation sites excluding steroid dienone is 2. The molecular formula is C26H46O3Si2. The fraction of sp³-hybridized carbons (Fsp3) is 0.692. The van der Waals surface area contributed by atoms with Gasteiger partial charge >= 0.3 is 0 Å². The summed E-state index contributed by atoms with van der Waals surface area (Å²) in [4.78, 5) is 0. The van der Waals surface area contributed by atoms with E-state index in [9.17, 15) is 0 Å². The maximum absolute atomic E-state index is 6.66. The van der Waals surface area contributed by atoms with Gasteiger partial charge in [0.05, 0.1) is 12.2 Å². The predicted octanol–water partition coefficient (Wildman–Crippen LogP) is 7.25. The summed E-state index contributed by atoms with van der Waals surface area (Å²) in [5.74, 6) is 3.48. The summed E-state index contributed by atoms with van der Waals surface area (Å²) in [7, 11) is -3.33. The summed E-state index contributed by atoms with van der Waals surface area (Å²) < 4.78 is 18.4. The highest BCUT2D eigenvalue weighted by Gasteiger charge is 2.38. The van der Waals surface area contributed by atoms with Gasteiger partial charge in [0, 0.05) is 6.42 Å². The number of hydrogen-bond acceptors (Lipinski definition) is 3. The van der Waals surface area contributed by atoms with Crippen LogP contribution in [-0.2, 0) is 13.9 Å². The van der Waals surface area contributed by atoms with Gasteiger partial charge in [0.25, 0.3) is 0 Å². The van der Waals surface area contributed by atoms with Gasteiger partial charge in [0.15, 0.2) is 14.6 Å². The third-order valence-electron chi connectivity index (χ3n) is 5.46. The largest absolute Gasteiger partial charge is 0.403 e. The molecule has 0 spiro atoms. The molecule has 1 heterocycles. The van der Waals surface area contributed by atoms with Crippen LogP contribution < -0.4 is 0 Å². The Hall–Kier alpha value is -0.906. The van der Waals surface area contributed by atoms with Crippen LogP contribution in [-0.4, -0.2) is 41.0 Å². The summed E-state index contributed by atoms with van der Waals surface area (Å²) >= 11 is 0. The molecule has 0 radical (unpaired) electrons. The van der Waals surface area contributed by atoms with E-state index < -0.39 is 16.4 Å². The SMILES string of the molecule is CC(/C=C/[C@H]1CC=C[C@H](OC(C)C)O1)=C\C[C@H](C#C[Si](C)(C)C)O[Si](C)(C)C(C)(C)C. The van der Waals surface area contributed by atoms with Crippen molar-refractivity contribution in [2.75, 3.05) is 0 Å². The Morgan fingerprint density at radius 3 is 2.39 bits per heavy atom. The molecule has 5 heteroatoms. The van der Waals surface area contributed by atoms with Crippen molar-refractivity contribution in [2.24, 2.45) is 0 Å². The molecule has 176 valence electrons. The Balaban J connectivity index is 2.83. The lowest BCUT2D eigenvalue weighted by molar-refractivity contribution is -0.154. The molecule has 0 unspecified atom stereocenters. The Morgan fingerprint density at radius 2 is 1.84 bits per heavy atom. The smallest absolute Gasteiger partial charge is 0.193 e. The standard InChI is InChI=1S/C26H46O3Si2/c1-21(2)27-25-14-12-13-23(28-25)17-15-22(3)16-18-24(19-20-30(7,8)9)29-31(10,11)26(4,5)6/h12,14-17,21,23-25H,13,18H2,1-11H3/b17-15+,22-16+/t23-,24-,25-/m1/s1. The van der Waals surface area contributed by atoms with Gasteiger partial charge in [-0.15, -0.1) is 5.54 Å². The molecule has 31 heavy (non-hydrogen) atoms. The van der Waals surface area contributed by atoms with Gasteiger partial charge in [-0.25, -0.2) is 0 Å². The van der Waals surface area contributed by atoms with E-state index in [0.717, 1.165) is 12.8 Å². The lowest BCUT2D eigenvalue weighted by atomic mass is 10.1. The fourth-order valence-corrected chi connectivity index (χ4v) is 4.47. The van der Waals surface area contributed by atoms with Crippen LogP contribution in [0.4, 0.5) is 0 Å². The minimum atomic E-state index is -1.88. The van der Waals surface area contributed by atoms with Crippen molar-refractivity contribution in [2.45, 2.75) is 117 Å². The van der Waals surface area contributed by atoms with Gasteiger partial charge in [0.2, 0.25) is 0 Å². The summed E-state index contributed by atoms with van der Waals surface area (Å²) in [6, 6.07) is 0. The molecule has 1 aliphatic rings. The third kappa shape index (κ3) is 11.5. The van der Waals surface area contributed by atoms with Crippen LogP contribution in [0.1, 0.15) is 54.4 Å². The molecule has 0 saturated carbocycles. The molecule has 0 bridgehead atoms. The van der Waals surface area contributed by atoms with Crippen molar-refractivity contribution in [3.05, 3.63) is 36.0 Å². The maximum atomic E-state index is 6.66. The average Bonchev–Trinajstić information content (AvgIpc) is 2.60. The number of rotatable bonds is 8. The molecule has 1 aliphatic heterocycles. The van der Waals surface area contributed by atoms with Gasteiger partial charge in [-0.05, 0) is 51.4 Å². The van der Waals surface area contributed by atoms with Gasteiger partial charge in [0.1, 0.15) is 14.2 Å². The molecule has 1 rings (SSSR count). The fourth-order valence-electron chi connectivity index (χ4n) is 2.65. The minimum Gasteiger partial charge on any atom is -0.403 e. The molecule has 0 amide bonds. The summed E-state index contributed by atoms with van der Waals surface area (Å²) in [6.07, 6.45) is 12.2. The molecule has 0 aliphatic carbocycles. The third-order valence-corrected chi connectivity index (χ3v) is 10.8. The van der Waals surface area contributed by atoms with E-state index in [1.165, 1.54) is 5.57 Å². The van der Waals surface area contributed by atoms with Crippen molar-refractivity contribution in [3.63, 3.8) is 0 Å². The topological polar surface area (TPSA) is 27.7 Å². The van der Waals surface area contributed by atoms with Gasteiger partial charge < -0.3 is 13.9 Å². The first-order valence-electron chi connectivity index (χ1n) is 11.6. The van der Waals surface area contributed by atoms with Gasteiger partial charge in [-0.2, -0.15) is 0 Å². The molecule has 3 atom stereocenters. The Labute approximate surface area is 194 Å². The highest BCUT2D eigenvalue weighted by atomic mass is 28.4.